The molecule has 0 spiro atoms. The lowest BCUT2D eigenvalue weighted by molar-refractivity contribution is -0.137. The van der Waals surface area contributed by atoms with Crippen LogP contribution in [0.2, 0.25) is 0 Å². The number of phenolic OH excluding ortho intramolecular Hbond substituents is 1. The number of hydrogen-bond donors (Lipinski definition) is 2. The average molecular weight is 365 g/mol. The van der Waals surface area contributed by atoms with Gasteiger partial charge in [0.1, 0.15) is 5.75 Å². The SMILES string of the molecule is O=C(Nc1cccc(C(F)(F)F)c1)N1CCN(c2ccc(O)cc2)CC1. The molecule has 8 heteroatoms. The molecule has 0 saturated carbocycles. The van der Waals surface area contributed by atoms with Gasteiger partial charge in [-0.3, -0.25) is 0 Å². The Kier molecular flexibility index (Phi) is 4.92. The summed E-state index contributed by atoms with van der Waals surface area (Å²) in [5.74, 6) is 0.188. The van der Waals surface area contributed by atoms with Gasteiger partial charge in [-0.15, -0.1) is 0 Å². The minimum Gasteiger partial charge on any atom is -0.508 e. The van der Waals surface area contributed by atoms with Crippen LogP contribution < -0.4 is 10.2 Å². The van der Waals surface area contributed by atoms with E-state index in [0.717, 1.165) is 17.8 Å². The molecule has 3 rings (SSSR count). The van der Waals surface area contributed by atoms with Crippen LogP contribution in [0, 0.1) is 0 Å². The zero-order chi connectivity index (χ0) is 18.7. The number of nitrogens with zero attached hydrogens (tertiary/aromatic N) is 2. The monoisotopic (exact) mass is 365 g/mol. The van der Waals surface area contributed by atoms with Crippen molar-refractivity contribution >= 4 is 17.4 Å². The lowest BCUT2D eigenvalue weighted by atomic mass is 10.2. The van der Waals surface area contributed by atoms with E-state index in [1.165, 1.54) is 12.1 Å². The van der Waals surface area contributed by atoms with Crippen LogP contribution in [0.5, 0.6) is 5.75 Å². The Balaban J connectivity index is 1.58. The van der Waals surface area contributed by atoms with Gasteiger partial charge in [0, 0.05) is 37.6 Å². The van der Waals surface area contributed by atoms with Gasteiger partial charge < -0.3 is 20.2 Å². The molecule has 0 bridgehead atoms. The third-order valence-electron chi connectivity index (χ3n) is 4.22. The number of halogens is 3. The number of phenols is 1. The Labute approximate surface area is 148 Å². The van der Waals surface area contributed by atoms with Gasteiger partial charge in [-0.05, 0) is 42.5 Å². The molecule has 0 unspecified atom stereocenters. The Morgan fingerprint density at radius 2 is 1.65 bits per heavy atom. The van der Waals surface area contributed by atoms with Gasteiger partial charge in [0.25, 0.3) is 0 Å². The molecule has 1 aliphatic rings. The van der Waals surface area contributed by atoms with Gasteiger partial charge in [-0.2, -0.15) is 13.2 Å². The first-order chi connectivity index (χ1) is 12.3. The number of nitrogens with one attached hydrogen (secondary N) is 1. The van der Waals surface area contributed by atoms with Crippen LogP contribution in [-0.2, 0) is 6.18 Å². The highest BCUT2D eigenvalue weighted by atomic mass is 19.4. The molecular weight excluding hydrogens is 347 g/mol. The van der Waals surface area contributed by atoms with Crippen molar-refractivity contribution in [3.05, 3.63) is 54.1 Å². The Morgan fingerprint density at radius 1 is 1.00 bits per heavy atom. The van der Waals surface area contributed by atoms with E-state index in [-0.39, 0.29) is 11.4 Å². The predicted octanol–water partition coefficient (Wildman–Crippen LogP) is 3.77. The third-order valence-corrected chi connectivity index (χ3v) is 4.22. The molecule has 1 heterocycles. The van der Waals surface area contributed by atoms with Crippen molar-refractivity contribution in [1.29, 1.82) is 0 Å². The number of hydrogen-bond acceptors (Lipinski definition) is 3. The number of carbonyl (C=O) groups excluding carboxylic acids is 1. The molecule has 1 saturated heterocycles. The zero-order valence-electron chi connectivity index (χ0n) is 13.8. The maximum absolute atomic E-state index is 12.7. The van der Waals surface area contributed by atoms with Crippen LogP contribution in [0.15, 0.2) is 48.5 Å². The van der Waals surface area contributed by atoms with Crippen molar-refractivity contribution in [3.8, 4) is 5.75 Å². The lowest BCUT2D eigenvalue weighted by Crippen LogP contribution is -2.50. The minimum absolute atomic E-state index is 0.116. The van der Waals surface area contributed by atoms with Gasteiger partial charge in [0.15, 0.2) is 0 Å². The van der Waals surface area contributed by atoms with Crippen molar-refractivity contribution in [2.75, 3.05) is 36.4 Å². The Morgan fingerprint density at radius 3 is 2.27 bits per heavy atom. The van der Waals surface area contributed by atoms with Crippen molar-refractivity contribution in [1.82, 2.24) is 4.90 Å². The van der Waals surface area contributed by atoms with Gasteiger partial charge in [0.05, 0.1) is 5.56 Å². The summed E-state index contributed by atoms with van der Waals surface area (Å²) in [6.07, 6.45) is -4.45. The quantitative estimate of drug-likeness (QED) is 0.852. The third kappa shape index (κ3) is 4.19. The molecule has 138 valence electrons. The van der Waals surface area contributed by atoms with Crippen LogP contribution >= 0.6 is 0 Å². The fraction of sp³-hybridized carbons (Fsp3) is 0.278. The van der Waals surface area contributed by atoms with Crippen molar-refractivity contribution in [2.45, 2.75) is 6.18 Å². The summed E-state index contributed by atoms with van der Waals surface area (Å²) in [7, 11) is 0. The summed E-state index contributed by atoms with van der Waals surface area (Å²) in [6, 6.07) is 11.0. The number of urea groups is 1. The highest BCUT2D eigenvalue weighted by Crippen LogP contribution is 2.30. The van der Waals surface area contributed by atoms with Gasteiger partial charge in [-0.1, -0.05) is 6.07 Å². The molecule has 2 N–H and O–H groups in total. The number of anilines is 2. The molecule has 0 radical (unpaired) electrons. The van der Waals surface area contributed by atoms with E-state index in [1.54, 1.807) is 29.2 Å². The fourth-order valence-corrected chi connectivity index (χ4v) is 2.81. The summed E-state index contributed by atoms with van der Waals surface area (Å²) in [6.45, 7) is 2.10. The molecule has 5 nitrogen and oxygen atoms in total. The van der Waals surface area contributed by atoms with Gasteiger partial charge in [-0.25, -0.2) is 4.79 Å². The fourth-order valence-electron chi connectivity index (χ4n) is 2.81. The molecule has 26 heavy (non-hydrogen) atoms. The summed E-state index contributed by atoms with van der Waals surface area (Å²) < 4.78 is 38.2. The second kappa shape index (κ2) is 7.15. The maximum Gasteiger partial charge on any atom is 0.416 e. The molecule has 1 aliphatic heterocycles. The summed E-state index contributed by atoms with van der Waals surface area (Å²) >= 11 is 0. The number of amides is 2. The highest BCUT2D eigenvalue weighted by molar-refractivity contribution is 5.89. The van der Waals surface area contributed by atoms with E-state index in [1.807, 2.05) is 0 Å². The molecule has 1 fully saturated rings. The molecular formula is C18H18F3N3O2. The van der Waals surface area contributed by atoms with Crippen LogP contribution in [0.3, 0.4) is 0 Å². The summed E-state index contributed by atoms with van der Waals surface area (Å²) in [4.78, 5) is 15.9. The maximum atomic E-state index is 12.7. The van der Waals surface area contributed by atoms with Crippen LogP contribution in [0.25, 0.3) is 0 Å². The largest absolute Gasteiger partial charge is 0.508 e. The van der Waals surface area contributed by atoms with E-state index in [0.29, 0.717) is 26.2 Å². The van der Waals surface area contributed by atoms with Crippen LogP contribution in [0.1, 0.15) is 5.56 Å². The molecule has 2 aromatic rings. The molecule has 2 amide bonds. The topological polar surface area (TPSA) is 55.8 Å². The lowest BCUT2D eigenvalue weighted by Gasteiger charge is -2.36. The molecule has 0 aromatic heterocycles. The standard InChI is InChI=1S/C18H18F3N3O2/c19-18(20,21)13-2-1-3-14(12-13)22-17(26)24-10-8-23(9-11-24)15-4-6-16(25)7-5-15/h1-7,12,25H,8-11H2,(H,22,26). The average Bonchev–Trinajstić information content (AvgIpc) is 2.62. The predicted molar refractivity (Wildman–Crippen MR) is 92.4 cm³/mol. The number of alkyl halides is 3. The van der Waals surface area contributed by atoms with E-state index in [2.05, 4.69) is 10.2 Å². The Hall–Kier alpha value is -2.90. The minimum atomic E-state index is -4.45. The van der Waals surface area contributed by atoms with E-state index < -0.39 is 17.8 Å². The highest BCUT2D eigenvalue weighted by Gasteiger charge is 2.30. The molecule has 0 aliphatic carbocycles. The first-order valence-electron chi connectivity index (χ1n) is 8.10. The van der Waals surface area contributed by atoms with E-state index in [4.69, 9.17) is 0 Å². The molecule has 2 aromatic carbocycles. The van der Waals surface area contributed by atoms with Crippen molar-refractivity contribution < 1.29 is 23.1 Å². The van der Waals surface area contributed by atoms with Gasteiger partial charge in [0.2, 0.25) is 0 Å². The normalized spacial score (nSPS) is 15.0. The first kappa shape index (κ1) is 17.9. The summed E-state index contributed by atoms with van der Waals surface area (Å²) in [5, 5.41) is 11.9. The zero-order valence-corrected chi connectivity index (χ0v) is 13.8. The number of piperazine rings is 1. The Bertz CT molecular complexity index is 770. The van der Waals surface area contributed by atoms with Crippen LogP contribution in [-0.4, -0.2) is 42.2 Å². The van der Waals surface area contributed by atoms with E-state index >= 15 is 0 Å². The number of carbonyl (C=O) groups is 1. The van der Waals surface area contributed by atoms with Gasteiger partial charge >= 0.3 is 12.2 Å². The van der Waals surface area contributed by atoms with E-state index in [9.17, 15) is 23.1 Å². The number of rotatable bonds is 2. The summed E-state index contributed by atoms with van der Waals surface area (Å²) in [5.41, 5.74) is 0.263. The number of benzene rings is 2. The number of aromatic hydroxyl groups is 1. The first-order valence-corrected chi connectivity index (χ1v) is 8.10. The smallest absolute Gasteiger partial charge is 0.416 e. The van der Waals surface area contributed by atoms with Crippen LogP contribution in [0.4, 0.5) is 29.3 Å². The van der Waals surface area contributed by atoms with Crippen molar-refractivity contribution in [2.24, 2.45) is 0 Å². The molecule has 0 atom stereocenters. The second-order valence-corrected chi connectivity index (χ2v) is 6.00. The second-order valence-electron chi connectivity index (χ2n) is 6.00. The van der Waals surface area contributed by atoms with Crippen molar-refractivity contribution in [3.63, 3.8) is 0 Å².